The molecule has 0 aliphatic rings. The highest BCUT2D eigenvalue weighted by Crippen LogP contribution is 2.20. The molecule has 0 radical (unpaired) electrons. The number of aliphatic imine (C=N–C) groups is 1. The molecule has 0 aliphatic heterocycles. The zero-order valence-corrected chi connectivity index (χ0v) is 17.9. The minimum Gasteiger partial charge on any atom is -0.497 e. The summed E-state index contributed by atoms with van der Waals surface area (Å²) in [5.41, 5.74) is 1.77. The molecule has 2 N–H and O–H groups in total. The Kier molecular flexibility index (Phi) is 8.39. The van der Waals surface area contributed by atoms with E-state index >= 15 is 0 Å². The van der Waals surface area contributed by atoms with Crippen molar-refractivity contribution in [1.29, 1.82) is 0 Å². The van der Waals surface area contributed by atoms with Crippen molar-refractivity contribution >= 4 is 5.96 Å². The van der Waals surface area contributed by atoms with E-state index in [1.54, 1.807) is 20.2 Å². The summed E-state index contributed by atoms with van der Waals surface area (Å²) in [6.07, 6.45) is 3.71. The highest BCUT2D eigenvalue weighted by Gasteiger charge is 2.08. The summed E-state index contributed by atoms with van der Waals surface area (Å²) < 4.78 is 23.8. The molecule has 31 heavy (non-hydrogen) atoms. The number of nitrogens with zero attached hydrogens (tertiary/aromatic N) is 3. The third-order valence-electron chi connectivity index (χ3n) is 4.75. The summed E-state index contributed by atoms with van der Waals surface area (Å²) in [4.78, 5) is 8.66. The van der Waals surface area contributed by atoms with Gasteiger partial charge in [-0.25, -0.2) is 4.39 Å². The Labute approximate surface area is 181 Å². The maximum atomic E-state index is 13.2. The molecule has 3 rings (SSSR count). The highest BCUT2D eigenvalue weighted by atomic mass is 19.1. The molecule has 3 aromatic rings. The van der Waals surface area contributed by atoms with Crippen LogP contribution in [0.5, 0.6) is 5.75 Å². The molecule has 0 saturated heterocycles. The second-order valence-corrected chi connectivity index (χ2v) is 7.03. The lowest BCUT2D eigenvalue weighted by atomic mass is 10.2. The zero-order valence-electron chi connectivity index (χ0n) is 17.9. The first-order valence-corrected chi connectivity index (χ1v) is 10.3. The van der Waals surface area contributed by atoms with Crippen LogP contribution in [0.25, 0.3) is 11.4 Å². The minimum absolute atomic E-state index is 0.236. The zero-order chi connectivity index (χ0) is 21.9. The number of hydrogen-bond donors (Lipinski definition) is 2. The molecule has 0 aliphatic carbocycles. The monoisotopic (exact) mass is 425 g/mol. The molecule has 0 amide bonds. The van der Waals surface area contributed by atoms with Crippen molar-refractivity contribution < 1.29 is 13.7 Å². The number of hydrogen-bond acceptors (Lipinski definition) is 5. The third kappa shape index (κ3) is 7.09. The van der Waals surface area contributed by atoms with E-state index in [1.807, 2.05) is 30.3 Å². The number of methoxy groups -OCH3 is 1. The normalized spacial score (nSPS) is 11.4. The number of ether oxygens (including phenoxy) is 1. The Balaban J connectivity index is 1.32. The van der Waals surface area contributed by atoms with Gasteiger partial charge >= 0.3 is 0 Å². The molecule has 0 unspecified atom stereocenters. The number of aryl methyl sites for hydroxylation is 1. The largest absolute Gasteiger partial charge is 0.497 e. The van der Waals surface area contributed by atoms with Crippen LogP contribution in [0.4, 0.5) is 4.39 Å². The van der Waals surface area contributed by atoms with Crippen molar-refractivity contribution in [3.63, 3.8) is 0 Å². The number of rotatable bonds is 10. The Morgan fingerprint density at radius 3 is 2.68 bits per heavy atom. The van der Waals surface area contributed by atoms with Crippen molar-refractivity contribution in [2.24, 2.45) is 4.99 Å². The lowest BCUT2D eigenvalue weighted by molar-refractivity contribution is 0.374. The van der Waals surface area contributed by atoms with Gasteiger partial charge in [-0.3, -0.25) is 4.99 Å². The summed E-state index contributed by atoms with van der Waals surface area (Å²) in [5, 5.41) is 10.5. The van der Waals surface area contributed by atoms with E-state index in [0.717, 1.165) is 49.1 Å². The van der Waals surface area contributed by atoms with Crippen molar-refractivity contribution in [2.45, 2.75) is 32.2 Å². The van der Waals surface area contributed by atoms with E-state index in [-0.39, 0.29) is 5.82 Å². The quantitative estimate of drug-likeness (QED) is 0.291. The fourth-order valence-electron chi connectivity index (χ4n) is 3.05. The summed E-state index contributed by atoms with van der Waals surface area (Å²) >= 11 is 0. The molecule has 7 nitrogen and oxygen atoms in total. The molecule has 0 bridgehead atoms. The van der Waals surface area contributed by atoms with Gasteiger partial charge in [-0.05, 0) is 54.8 Å². The molecule has 0 fully saturated rings. The van der Waals surface area contributed by atoms with Crippen LogP contribution in [-0.4, -0.2) is 36.8 Å². The van der Waals surface area contributed by atoms with Crippen LogP contribution in [0.1, 0.15) is 30.7 Å². The number of guanidine groups is 1. The first-order chi connectivity index (χ1) is 15.2. The fourth-order valence-corrected chi connectivity index (χ4v) is 3.05. The van der Waals surface area contributed by atoms with E-state index in [9.17, 15) is 4.39 Å². The molecule has 1 heterocycles. The van der Waals surface area contributed by atoms with Gasteiger partial charge in [0.2, 0.25) is 11.7 Å². The average Bonchev–Trinajstić information content (AvgIpc) is 3.27. The number of unbranched alkanes of at least 4 members (excludes halogenated alkanes) is 2. The van der Waals surface area contributed by atoms with Gasteiger partial charge in [0.15, 0.2) is 5.96 Å². The Bertz CT molecular complexity index is 972. The fraction of sp³-hybridized carbons (Fsp3) is 0.348. The molecular weight excluding hydrogens is 397 g/mol. The van der Waals surface area contributed by atoms with E-state index in [4.69, 9.17) is 9.26 Å². The van der Waals surface area contributed by atoms with Crippen molar-refractivity contribution in [1.82, 2.24) is 20.8 Å². The van der Waals surface area contributed by atoms with Crippen LogP contribution in [-0.2, 0) is 13.0 Å². The number of aromatic nitrogens is 2. The molecule has 2 aromatic carbocycles. The second kappa shape index (κ2) is 11.7. The number of halogens is 1. The molecule has 164 valence electrons. The van der Waals surface area contributed by atoms with Gasteiger partial charge < -0.3 is 19.9 Å². The Morgan fingerprint density at radius 2 is 1.94 bits per heavy atom. The van der Waals surface area contributed by atoms with Gasteiger partial charge in [-0.15, -0.1) is 0 Å². The lowest BCUT2D eigenvalue weighted by Crippen LogP contribution is -2.37. The minimum atomic E-state index is -0.236. The van der Waals surface area contributed by atoms with Gasteiger partial charge in [0.25, 0.3) is 0 Å². The summed E-state index contributed by atoms with van der Waals surface area (Å²) in [5.74, 6) is 2.49. The Hall–Kier alpha value is -3.42. The first kappa shape index (κ1) is 22.3. The van der Waals surface area contributed by atoms with E-state index in [1.165, 1.54) is 12.1 Å². The smallest absolute Gasteiger partial charge is 0.226 e. The van der Waals surface area contributed by atoms with Gasteiger partial charge in [-0.1, -0.05) is 23.7 Å². The van der Waals surface area contributed by atoms with Crippen LogP contribution in [0.2, 0.25) is 0 Å². The molecule has 0 spiro atoms. The van der Waals surface area contributed by atoms with Gasteiger partial charge in [-0.2, -0.15) is 4.98 Å². The van der Waals surface area contributed by atoms with Crippen LogP contribution < -0.4 is 15.4 Å². The maximum Gasteiger partial charge on any atom is 0.226 e. The molecule has 0 atom stereocenters. The Morgan fingerprint density at radius 1 is 1.10 bits per heavy atom. The summed E-state index contributed by atoms with van der Waals surface area (Å²) in [6.45, 7) is 1.31. The number of nitrogens with one attached hydrogen (secondary N) is 2. The van der Waals surface area contributed by atoms with E-state index < -0.39 is 0 Å². The maximum absolute atomic E-state index is 13.2. The second-order valence-electron chi connectivity index (χ2n) is 7.03. The van der Waals surface area contributed by atoms with Crippen molar-refractivity contribution in [3.05, 3.63) is 65.8 Å². The average molecular weight is 426 g/mol. The molecule has 8 heteroatoms. The first-order valence-electron chi connectivity index (χ1n) is 10.3. The van der Waals surface area contributed by atoms with Gasteiger partial charge in [0.1, 0.15) is 11.6 Å². The predicted molar refractivity (Wildman–Crippen MR) is 118 cm³/mol. The topological polar surface area (TPSA) is 84.6 Å². The van der Waals surface area contributed by atoms with Gasteiger partial charge in [0.05, 0.1) is 7.11 Å². The van der Waals surface area contributed by atoms with Crippen LogP contribution in [0.15, 0.2) is 58.0 Å². The molecule has 1 aromatic heterocycles. The molecule has 0 saturated carbocycles. The van der Waals surface area contributed by atoms with Crippen molar-refractivity contribution in [3.8, 4) is 17.1 Å². The lowest BCUT2D eigenvalue weighted by Gasteiger charge is -2.11. The van der Waals surface area contributed by atoms with E-state index in [0.29, 0.717) is 24.2 Å². The predicted octanol–water partition coefficient (Wildman–Crippen LogP) is 3.96. The van der Waals surface area contributed by atoms with Crippen LogP contribution in [0, 0.1) is 5.82 Å². The SMILES string of the molecule is CN=C(NCCCCCc1nc(-c2ccc(OC)cc2)no1)NCc1cccc(F)c1. The molecular formula is C23H28FN5O2. The summed E-state index contributed by atoms with van der Waals surface area (Å²) in [6, 6.07) is 14.1. The number of benzene rings is 2. The van der Waals surface area contributed by atoms with Gasteiger partial charge in [0, 0.05) is 32.1 Å². The summed E-state index contributed by atoms with van der Waals surface area (Å²) in [7, 11) is 3.35. The highest BCUT2D eigenvalue weighted by molar-refractivity contribution is 5.79. The van der Waals surface area contributed by atoms with Crippen molar-refractivity contribution in [2.75, 3.05) is 20.7 Å². The van der Waals surface area contributed by atoms with E-state index in [2.05, 4.69) is 25.8 Å². The third-order valence-corrected chi connectivity index (χ3v) is 4.75. The van der Waals surface area contributed by atoms with Crippen LogP contribution >= 0.6 is 0 Å². The van der Waals surface area contributed by atoms with Crippen LogP contribution in [0.3, 0.4) is 0 Å². The standard InChI is InChI=1S/C23H28FN5O2/c1-25-23(27-16-17-7-6-8-19(24)15-17)26-14-5-3-4-9-21-28-22(29-31-21)18-10-12-20(30-2)13-11-18/h6-8,10-13,15H,3-5,9,14,16H2,1-2H3,(H2,25,26,27).